The lowest BCUT2D eigenvalue weighted by Gasteiger charge is -2.16. The average molecular weight is 328 g/mol. The summed E-state index contributed by atoms with van der Waals surface area (Å²) in [5, 5.41) is 0. The largest absolute Gasteiger partial charge is 0.271 e. The van der Waals surface area contributed by atoms with Crippen LogP contribution in [0, 0.1) is 11.6 Å². The van der Waals surface area contributed by atoms with Gasteiger partial charge in [0.2, 0.25) is 0 Å². The van der Waals surface area contributed by atoms with Crippen LogP contribution in [0.5, 0.6) is 0 Å². The van der Waals surface area contributed by atoms with Gasteiger partial charge in [-0.25, -0.2) is 8.78 Å². The highest BCUT2D eigenvalue weighted by atomic mass is 79.9. The fraction of sp³-hybridized carbons (Fsp3) is 0.154. The number of nitrogens with two attached hydrogens (primary N) is 1. The summed E-state index contributed by atoms with van der Waals surface area (Å²) >= 11 is 3.33. The van der Waals surface area contributed by atoms with Gasteiger partial charge in [0, 0.05) is 16.9 Å². The minimum atomic E-state index is -0.884. The van der Waals surface area contributed by atoms with Gasteiger partial charge in [-0.05, 0) is 51.7 Å². The van der Waals surface area contributed by atoms with Gasteiger partial charge in [-0.1, -0.05) is 6.07 Å². The van der Waals surface area contributed by atoms with Gasteiger partial charge in [-0.3, -0.25) is 16.3 Å². The van der Waals surface area contributed by atoms with Crippen LogP contribution in [-0.4, -0.2) is 4.98 Å². The van der Waals surface area contributed by atoms with E-state index in [0.29, 0.717) is 12.0 Å². The molecule has 2 aromatic rings. The molecule has 0 spiro atoms. The second-order valence-electron chi connectivity index (χ2n) is 4.11. The standard InChI is InChI=1S/C13H12BrF2N3/c14-10-3-8(6-18-7-10)4-13(19-17)9-1-2-11(15)12(16)5-9/h1-3,5-7,13,19H,4,17H2. The van der Waals surface area contributed by atoms with Crippen LogP contribution in [0.1, 0.15) is 17.2 Å². The van der Waals surface area contributed by atoms with Crippen LogP contribution in [0.2, 0.25) is 0 Å². The second-order valence-corrected chi connectivity index (χ2v) is 5.02. The molecule has 0 saturated carbocycles. The third-order valence-corrected chi connectivity index (χ3v) is 3.18. The van der Waals surface area contributed by atoms with E-state index in [0.717, 1.165) is 22.2 Å². The molecule has 0 amide bonds. The Balaban J connectivity index is 2.22. The first-order valence-corrected chi connectivity index (χ1v) is 6.40. The highest BCUT2D eigenvalue weighted by molar-refractivity contribution is 9.10. The number of aromatic nitrogens is 1. The van der Waals surface area contributed by atoms with E-state index in [-0.39, 0.29) is 6.04 Å². The van der Waals surface area contributed by atoms with Crippen molar-refractivity contribution in [1.29, 1.82) is 0 Å². The third-order valence-electron chi connectivity index (χ3n) is 2.75. The molecule has 1 atom stereocenters. The number of nitrogens with one attached hydrogen (secondary N) is 1. The normalized spacial score (nSPS) is 12.4. The van der Waals surface area contributed by atoms with Crippen molar-refractivity contribution in [1.82, 2.24) is 10.4 Å². The minimum absolute atomic E-state index is 0.314. The van der Waals surface area contributed by atoms with Crippen molar-refractivity contribution < 1.29 is 8.78 Å². The van der Waals surface area contributed by atoms with E-state index in [2.05, 4.69) is 26.3 Å². The topological polar surface area (TPSA) is 50.9 Å². The van der Waals surface area contributed by atoms with Gasteiger partial charge in [0.25, 0.3) is 0 Å². The molecular formula is C13H12BrF2N3. The van der Waals surface area contributed by atoms with Crippen molar-refractivity contribution in [2.75, 3.05) is 0 Å². The maximum atomic E-state index is 13.2. The van der Waals surface area contributed by atoms with Crippen molar-refractivity contribution in [2.24, 2.45) is 5.84 Å². The Labute approximate surface area is 117 Å². The zero-order valence-electron chi connectivity index (χ0n) is 9.91. The Hall–Kier alpha value is -1.37. The Bertz CT molecular complexity index is 578. The molecule has 1 aromatic carbocycles. The Kier molecular flexibility index (Phi) is 4.57. The predicted octanol–water partition coefficient (Wildman–Crippen LogP) is 2.87. The van der Waals surface area contributed by atoms with Crippen LogP contribution in [0.3, 0.4) is 0 Å². The van der Waals surface area contributed by atoms with Gasteiger partial charge in [-0.2, -0.15) is 0 Å². The number of hydrogen-bond acceptors (Lipinski definition) is 3. The number of pyridine rings is 1. The lowest BCUT2D eigenvalue weighted by atomic mass is 10.0. The maximum Gasteiger partial charge on any atom is 0.159 e. The Morgan fingerprint density at radius 1 is 1.21 bits per heavy atom. The second kappa shape index (κ2) is 6.18. The SMILES string of the molecule is NNC(Cc1cncc(Br)c1)c1ccc(F)c(F)c1. The van der Waals surface area contributed by atoms with Crippen LogP contribution < -0.4 is 11.3 Å². The fourth-order valence-corrected chi connectivity index (χ4v) is 2.22. The van der Waals surface area contributed by atoms with E-state index < -0.39 is 11.6 Å². The van der Waals surface area contributed by atoms with E-state index in [9.17, 15) is 8.78 Å². The summed E-state index contributed by atoms with van der Waals surface area (Å²) in [7, 11) is 0. The predicted molar refractivity (Wildman–Crippen MR) is 72.1 cm³/mol. The summed E-state index contributed by atoms with van der Waals surface area (Å²) in [4.78, 5) is 4.05. The number of rotatable bonds is 4. The van der Waals surface area contributed by atoms with Crippen molar-refractivity contribution in [3.63, 3.8) is 0 Å². The number of hydrazine groups is 1. The average Bonchev–Trinajstić information content (AvgIpc) is 2.39. The zero-order valence-corrected chi connectivity index (χ0v) is 11.5. The van der Waals surface area contributed by atoms with E-state index in [1.165, 1.54) is 6.07 Å². The molecule has 2 rings (SSSR count). The molecule has 6 heteroatoms. The first-order valence-electron chi connectivity index (χ1n) is 5.60. The molecule has 0 saturated heterocycles. The Morgan fingerprint density at radius 2 is 2.00 bits per heavy atom. The lowest BCUT2D eigenvalue weighted by Crippen LogP contribution is -2.29. The van der Waals surface area contributed by atoms with Gasteiger partial charge in [0.15, 0.2) is 11.6 Å². The molecule has 19 heavy (non-hydrogen) atoms. The van der Waals surface area contributed by atoms with E-state index in [1.807, 2.05) is 6.07 Å². The summed E-state index contributed by atoms with van der Waals surface area (Å²) in [5.74, 6) is 3.72. The molecule has 0 aliphatic carbocycles. The van der Waals surface area contributed by atoms with E-state index in [4.69, 9.17) is 5.84 Å². The quantitative estimate of drug-likeness (QED) is 0.670. The molecule has 0 aliphatic heterocycles. The highest BCUT2D eigenvalue weighted by Crippen LogP contribution is 2.21. The lowest BCUT2D eigenvalue weighted by molar-refractivity contribution is 0.497. The number of benzene rings is 1. The van der Waals surface area contributed by atoms with Crippen LogP contribution in [0.4, 0.5) is 8.78 Å². The molecule has 0 radical (unpaired) electrons. The van der Waals surface area contributed by atoms with Crippen molar-refractivity contribution in [3.05, 3.63) is 63.9 Å². The summed E-state index contributed by atoms with van der Waals surface area (Å²) in [5.41, 5.74) is 4.12. The van der Waals surface area contributed by atoms with Crippen molar-refractivity contribution >= 4 is 15.9 Å². The molecular weight excluding hydrogens is 316 g/mol. The molecule has 0 fully saturated rings. The molecule has 3 nitrogen and oxygen atoms in total. The fourth-order valence-electron chi connectivity index (χ4n) is 1.81. The highest BCUT2D eigenvalue weighted by Gasteiger charge is 2.13. The van der Waals surface area contributed by atoms with E-state index >= 15 is 0 Å². The molecule has 0 bridgehead atoms. The van der Waals surface area contributed by atoms with Gasteiger partial charge in [0.05, 0.1) is 6.04 Å². The summed E-state index contributed by atoms with van der Waals surface area (Å²) in [6.45, 7) is 0. The van der Waals surface area contributed by atoms with Gasteiger partial charge in [0.1, 0.15) is 0 Å². The molecule has 0 aliphatic rings. The van der Waals surface area contributed by atoms with Crippen molar-refractivity contribution in [3.8, 4) is 0 Å². The van der Waals surface area contributed by atoms with Crippen molar-refractivity contribution in [2.45, 2.75) is 12.5 Å². The van der Waals surface area contributed by atoms with Crippen LogP contribution >= 0.6 is 15.9 Å². The van der Waals surface area contributed by atoms with E-state index in [1.54, 1.807) is 12.4 Å². The third kappa shape index (κ3) is 3.56. The summed E-state index contributed by atoms with van der Waals surface area (Å²) in [6, 6.07) is 5.33. The van der Waals surface area contributed by atoms with Crippen LogP contribution in [-0.2, 0) is 6.42 Å². The molecule has 3 N–H and O–H groups in total. The first kappa shape index (κ1) is 14.0. The van der Waals surface area contributed by atoms with Crippen LogP contribution in [0.15, 0.2) is 41.1 Å². The van der Waals surface area contributed by atoms with Crippen LogP contribution in [0.25, 0.3) is 0 Å². The monoisotopic (exact) mass is 327 g/mol. The van der Waals surface area contributed by atoms with Gasteiger partial charge >= 0.3 is 0 Å². The minimum Gasteiger partial charge on any atom is -0.271 e. The molecule has 1 unspecified atom stereocenters. The number of halogens is 3. The molecule has 100 valence electrons. The number of hydrogen-bond donors (Lipinski definition) is 2. The first-order chi connectivity index (χ1) is 9.10. The van der Waals surface area contributed by atoms with Gasteiger partial charge < -0.3 is 0 Å². The summed E-state index contributed by atoms with van der Waals surface area (Å²) in [6.07, 6.45) is 3.90. The maximum absolute atomic E-state index is 13.2. The Morgan fingerprint density at radius 3 is 2.63 bits per heavy atom. The smallest absolute Gasteiger partial charge is 0.159 e. The number of nitrogens with zero attached hydrogens (tertiary/aromatic N) is 1. The zero-order chi connectivity index (χ0) is 13.8. The van der Waals surface area contributed by atoms with Gasteiger partial charge in [-0.15, -0.1) is 0 Å². The summed E-state index contributed by atoms with van der Waals surface area (Å²) < 4.78 is 27.0. The molecule has 1 aromatic heterocycles. The molecule has 1 heterocycles.